The molecule has 0 spiro atoms. The highest BCUT2D eigenvalue weighted by molar-refractivity contribution is 5.90. The van der Waals surface area contributed by atoms with E-state index in [0.717, 1.165) is 16.2 Å². The predicted octanol–water partition coefficient (Wildman–Crippen LogP) is 2.03. The van der Waals surface area contributed by atoms with Crippen molar-refractivity contribution in [1.29, 1.82) is 0 Å². The van der Waals surface area contributed by atoms with Crippen molar-refractivity contribution in [1.82, 2.24) is 23.7 Å². The fourth-order valence-corrected chi connectivity index (χ4v) is 3.59. The number of nitrogens with one attached hydrogen (secondary N) is 1. The van der Waals surface area contributed by atoms with Crippen LogP contribution < -0.4 is 16.6 Å². The lowest BCUT2D eigenvalue weighted by Crippen LogP contribution is -2.28. The number of anilines is 1. The standard InChI is InChI=1S/C23H17FN6O3/c24-16-7-8-19-18(11-16)22(32)28(14-25-19)13-21(31)26-17-5-3-4-15(10-17)12-30-23(33)29-9-2-1-6-20(29)27-30/h1-11,14H,12-13H2,(H,26,31). The van der Waals surface area contributed by atoms with Gasteiger partial charge in [-0.05, 0) is 48.0 Å². The smallest absolute Gasteiger partial charge is 0.325 e. The second kappa shape index (κ2) is 8.15. The summed E-state index contributed by atoms with van der Waals surface area (Å²) in [5, 5.41) is 7.14. The molecular formula is C23H17FN6O3. The molecule has 1 N–H and O–H groups in total. The number of hydrogen-bond donors (Lipinski definition) is 1. The van der Waals surface area contributed by atoms with Gasteiger partial charge in [-0.25, -0.2) is 18.9 Å². The second-order valence-electron chi connectivity index (χ2n) is 7.46. The number of carbonyl (C=O) groups excluding carboxylic acids is 1. The van der Waals surface area contributed by atoms with Crippen molar-refractivity contribution < 1.29 is 9.18 Å². The minimum Gasteiger partial charge on any atom is -0.325 e. The normalized spacial score (nSPS) is 11.2. The first-order valence-electron chi connectivity index (χ1n) is 10.1. The van der Waals surface area contributed by atoms with E-state index in [0.29, 0.717) is 16.9 Å². The van der Waals surface area contributed by atoms with Gasteiger partial charge < -0.3 is 5.32 Å². The zero-order valence-electron chi connectivity index (χ0n) is 17.2. The molecule has 1 amide bonds. The van der Waals surface area contributed by atoms with E-state index in [1.54, 1.807) is 42.6 Å². The van der Waals surface area contributed by atoms with Crippen molar-refractivity contribution >= 4 is 28.1 Å². The molecule has 0 saturated heterocycles. The molecule has 5 aromatic rings. The minimum absolute atomic E-state index is 0.102. The van der Waals surface area contributed by atoms with Crippen LogP contribution in [-0.2, 0) is 17.9 Å². The summed E-state index contributed by atoms with van der Waals surface area (Å²) in [5.74, 6) is -0.998. The van der Waals surface area contributed by atoms with E-state index in [1.807, 2.05) is 6.07 Å². The quantitative estimate of drug-likeness (QED) is 0.447. The minimum atomic E-state index is -0.551. The van der Waals surface area contributed by atoms with Crippen molar-refractivity contribution in [2.45, 2.75) is 13.1 Å². The fourth-order valence-electron chi connectivity index (χ4n) is 3.59. The lowest BCUT2D eigenvalue weighted by atomic mass is 10.2. The molecule has 164 valence electrons. The van der Waals surface area contributed by atoms with Crippen LogP contribution in [-0.4, -0.2) is 29.6 Å². The van der Waals surface area contributed by atoms with Gasteiger partial charge in [-0.15, -0.1) is 5.10 Å². The Balaban J connectivity index is 1.33. The van der Waals surface area contributed by atoms with Crippen LogP contribution in [0.4, 0.5) is 10.1 Å². The molecule has 5 rings (SSSR count). The number of aromatic nitrogens is 5. The van der Waals surface area contributed by atoms with Gasteiger partial charge >= 0.3 is 5.69 Å². The van der Waals surface area contributed by atoms with Gasteiger partial charge in [-0.2, -0.15) is 0 Å². The topological polar surface area (TPSA) is 103 Å². The number of rotatable bonds is 5. The van der Waals surface area contributed by atoms with E-state index in [9.17, 15) is 18.8 Å². The van der Waals surface area contributed by atoms with E-state index < -0.39 is 17.3 Å². The third kappa shape index (κ3) is 4.01. The average Bonchev–Trinajstić information content (AvgIpc) is 3.11. The summed E-state index contributed by atoms with van der Waals surface area (Å²) < 4.78 is 17.4. The van der Waals surface area contributed by atoms with E-state index in [1.165, 1.54) is 27.5 Å². The Morgan fingerprint density at radius 1 is 1.03 bits per heavy atom. The first-order valence-corrected chi connectivity index (χ1v) is 10.1. The van der Waals surface area contributed by atoms with Gasteiger partial charge in [-0.3, -0.25) is 18.6 Å². The Hall–Kier alpha value is -4.60. The largest absolute Gasteiger partial charge is 0.350 e. The summed E-state index contributed by atoms with van der Waals surface area (Å²) in [4.78, 5) is 41.7. The summed E-state index contributed by atoms with van der Waals surface area (Å²) >= 11 is 0. The molecule has 3 aromatic heterocycles. The first-order chi connectivity index (χ1) is 16.0. The van der Waals surface area contributed by atoms with Crippen LogP contribution in [0.3, 0.4) is 0 Å². The van der Waals surface area contributed by atoms with Crippen LogP contribution in [0.2, 0.25) is 0 Å². The Labute approximate surface area is 185 Å². The van der Waals surface area contributed by atoms with Gasteiger partial charge in [0, 0.05) is 11.9 Å². The predicted molar refractivity (Wildman–Crippen MR) is 120 cm³/mol. The number of benzene rings is 2. The molecular weight excluding hydrogens is 427 g/mol. The van der Waals surface area contributed by atoms with Crippen molar-refractivity contribution in [2.24, 2.45) is 0 Å². The number of carbonyl (C=O) groups is 1. The molecule has 0 atom stereocenters. The lowest BCUT2D eigenvalue weighted by molar-refractivity contribution is -0.116. The first kappa shape index (κ1) is 20.3. The zero-order valence-corrected chi connectivity index (χ0v) is 17.2. The molecule has 0 unspecified atom stereocenters. The van der Waals surface area contributed by atoms with Crippen LogP contribution in [0.15, 0.2) is 82.8 Å². The molecule has 0 aliphatic carbocycles. The van der Waals surface area contributed by atoms with Crippen LogP contribution in [0.1, 0.15) is 5.56 Å². The van der Waals surface area contributed by atoms with Gasteiger partial charge in [0.2, 0.25) is 5.91 Å². The molecule has 0 bridgehead atoms. The van der Waals surface area contributed by atoms with Gasteiger partial charge in [0.1, 0.15) is 12.4 Å². The highest BCUT2D eigenvalue weighted by Crippen LogP contribution is 2.12. The third-order valence-electron chi connectivity index (χ3n) is 5.13. The van der Waals surface area contributed by atoms with E-state index in [4.69, 9.17) is 0 Å². The molecule has 3 heterocycles. The Morgan fingerprint density at radius 2 is 1.91 bits per heavy atom. The molecule has 2 aromatic carbocycles. The molecule has 0 radical (unpaired) electrons. The summed E-state index contributed by atoms with van der Waals surface area (Å²) in [5.41, 5.74) is 1.39. The van der Waals surface area contributed by atoms with Crippen molar-refractivity contribution in [3.63, 3.8) is 0 Å². The van der Waals surface area contributed by atoms with Crippen molar-refractivity contribution in [3.8, 4) is 0 Å². The fraction of sp³-hybridized carbons (Fsp3) is 0.0870. The van der Waals surface area contributed by atoms with Crippen LogP contribution in [0.5, 0.6) is 0 Å². The van der Waals surface area contributed by atoms with Crippen molar-refractivity contribution in [3.05, 3.63) is 105 Å². The van der Waals surface area contributed by atoms with Crippen LogP contribution in [0, 0.1) is 5.82 Å². The van der Waals surface area contributed by atoms with Gasteiger partial charge in [0.05, 0.1) is 23.8 Å². The summed E-state index contributed by atoms with van der Waals surface area (Å²) in [7, 11) is 0. The second-order valence-corrected chi connectivity index (χ2v) is 7.46. The Morgan fingerprint density at radius 3 is 2.76 bits per heavy atom. The number of nitrogens with zero attached hydrogens (tertiary/aromatic N) is 5. The Kier molecular flexibility index (Phi) is 5.02. The highest BCUT2D eigenvalue weighted by atomic mass is 19.1. The van der Waals surface area contributed by atoms with Crippen molar-refractivity contribution in [2.75, 3.05) is 5.32 Å². The summed E-state index contributed by atoms with van der Waals surface area (Å²) in [6.07, 6.45) is 2.91. The monoisotopic (exact) mass is 444 g/mol. The van der Waals surface area contributed by atoms with E-state index >= 15 is 0 Å². The van der Waals surface area contributed by atoms with E-state index in [-0.39, 0.29) is 24.2 Å². The van der Waals surface area contributed by atoms with Gasteiger partial charge in [-0.1, -0.05) is 18.2 Å². The third-order valence-corrected chi connectivity index (χ3v) is 5.13. The molecule has 0 aliphatic rings. The molecule has 33 heavy (non-hydrogen) atoms. The average molecular weight is 444 g/mol. The number of pyridine rings is 1. The SMILES string of the molecule is O=C(Cn1cnc2ccc(F)cc2c1=O)Nc1cccc(Cn2nc3ccccn3c2=O)c1. The van der Waals surface area contributed by atoms with Crippen LogP contribution in [0.25, 0.3) is 16.6 Å². The van der Waals surface area contributed by atoms with Gasteiger partial charge in [0.15, 0.2) is 5.65 Å². The maximum Gasteiger partial charge on any atom is 0.350 e. The highest BCUT2D eigenvalue weighted by Gasteiger charge is 2.11. The maximum atomic E-state index is 13.5. The number of fused-ring (bicyclic) bond motifs is 2. The summed E-state index contributed by atoms with van der Waals surface area (Å²) in [6.45, 7) is -0.0573. The zero-order chi connectivity index (χ0) is 22.9. The molecule has 0 saturated carbocycles. The number of halogens is 1. The molecule has 0 fully saturated rings. The van der Waals surface area contributed by atoms with Crippen LogP contribution >= 0.6 is 0 Å². The number of hydrogen-bond acceptors (Lipinski definition) is 5. The molecule has 0 aliphatic heterocycles. The molecule has 10 heteroatoms. The van der Waals surface area contributed by atoms with E-state index in [2.05, 4.69) is 15.4 Å². The number of amides is 1. The lowest BCUT2D eigenvalue weighted by Gasteiger charge is -2.09. The Bertz CT molecular complexity index is 1640. The summed E-state index contributed by atoms with van der Waals surface area (Å²) in [6, 6.07) is 16.0. The molecule has 9 nitrogen and oxygen atoms in total. The van der Waals surface area contributed by atoms with Gasteiger partial charge in [0.25, 0.3) is 5.56 Å². The maximum absolute atomic E-state index is 13.5.